The van der Waals surface area contributed by atoms with E-state index >= 15 is 0 Å². The van der Waals surface area contributed by atoms with Crippen molar-refractivity contribution in [1.82, 2.24) is 19.9 Å². The van der Waals surface area contributed by atoms with Crippen LogP contribution in [0.5, 0.6) is 0 Å². The van der Waals surface area contributed by atoms with Gasteiger partial charge in [-0.05, 0) is 37.0 Å². The van der Waals surface area contributed by atoms with Crippen LogP contribution in [0.2, 0.25) is 0 Å². The summed E-state index contributed by atoms with van der Waals surface area (Å²) in [6.45, 7) is 3.29. The number of aromatic nitrogens is 3. The van der Waals surface area contributed by atoms with Gasteiger partial charge in [-0.1, -0.05) is 43.7 Å². The molecule has 1 aromatic carbocycles. The number of anilines is 1. The lowest BCUT2D eigenvalue weighted by molar-refractivity contribution is -0.122. The van der Waals surface area contributed by atoms with E-state index < -0.39 is 0 Å². The van der Waals surface area contributed by atoms with Crippen LogP contribution in [-0.2, 0) is 17.8 Å². The van der Waals surface area contributed by atoms with Gasteiger partial charge in [0.05, 0.1) is 0 Å². The Bertz CT molecular complexity index is 1060. The molecule has 7 nitrogen and oxygen atoms in total. The summed E-state index contributed by atoms with van der Waals surface area (Å²) < 4.78 is 1.33. The molecular weight excluding hydrogens is 366 g/mol. The van der Waals surface area contributed by atoms with Crippen LogP contribution in [0.3, 0.4) is 0 Å². The monoisotopic (exact) mass is 391 g/mol. The van der Waals surface area contributed by atoms with Crippen LogP contribution in [0.15, 0.2) is 53.3 Å². The highest BCUT2D eigenvalue weighted by molar-refractivity contribution is 5.85. The van der Waals surface area contributed by atoms with Gasteiger partial charge >= 0.3 is 0 Å². The number of carbonyl (C=O) groups excluding carboxylic acids is 1. The van der Waals surface area contributed by atoms with Crippen molar-refractivity contribution in [2.24, 2.45) is 0 Å². The highest BCUT2D eigenvalue weighted by Crippen LogP contribution is 2.24. The number of hydrogen-bond donors (Lipinski definition) is 1. The SMILES string of the molecule is CCCc1cc(=O)n2nc(N3CCCC3C(=O)NCc3ccccc3)ccc2n1. The number of nitrogens with zero attached hydrogens (tertiary/aromatic N) is 4. The molecule has 1 fully saturated rings. The molecule has 150 valence electrons. The third-order valence-electron chi connectivity index (χ3n) is 5.22. The largest absolute Gasteiger partial charge is 0.350 e. The average Bonchev–Trinajstić information content (AvgIpc) is 3.23. The molecule has 1 amide bonds. The van der Waals surface area contributed by atoms with Crippen LogP contribution >= 0.6 is 0 Å². The Morgan fingerprint density at radius 2 is 2.03 bits per heavy atom. The predicted molar refractivity (Wildman–Crippen MR) is 112 cm³/mol. The van der Waals surface area contributed by atoms with E-state index in [-0.39, 0.29) is 17.5 Å². The molecule has 1 unspecified atom stereocenters. The molecular formula is C22H25N5O2. The molecule has 2 aromatic heterocycles. The molecule has 0 spiro atoms. The number of rotatable bonds is 6. The Balaban J connectivity index is 1.54. The van der Waals surface area contributed by atoms with Crippen molar-refractivity contribution in [2.45, 2.75) is 45.2 Å². The van der Waals surface area contributed by atoms with Gasteiger partial charge in [0.15, 0.2) is 5.65 Å². The van der Waals surface area contributed by atoms with Crippen molar-refractivity contribution in [3.05, 3.63) is 70.1 Å². The van der Waals surface area contributed by atoms with Crippen molar-refractivity contribution in [3.63, 3.8) is 0 Å². The summed E-state index contributed by atoms with van der Waals surface area (Å²) in [5.74, 6) is 0.610. The van der Waals surface area contributed by atoms with E-state index in [0.717, 1.165) is 43.5 Å². The molecule has 1 N–H and O–H groups in total. The fourth-order valence-electron chi connectivity index (χ4n) is 3.79. The van der Waals surface area contributed by atoms with Gasteiger partial charge in [-0.25, -0.2) is 4.98 Å². The average molecular weight is 391 g/mol. The molecule has 0 aliphatic carbocycles. The van der Waals surface area contributed by atoms with E-state index in [1.54, 1.807) is 12.1 Å². The molecule has 1 aliphatic rings. The summed E-state index contributed by atoms with van der Waals surface area (Å²) in [7, 11) is 0. The molecule has 3 aromatic rings. The number of hydrogen-bond acceptors (Lipinski definition) is 5. The summed E-state index contributed by atoms with van der Waals surface area (Å²) in [4.78, 5) is 31.8. The number of benzene rings is 1. The third kappa shape index (κ3) is 4.13. The first-order valence-electron chi connectivity index (χ1n) is 10.1. The smallest absolute Gasteiger partial charge is 0.274 e. The fourth-order valence-corrected chi connectivity index (χ4v) is 3.79. The second-order valence-electron chi connectivity index (χ2n) is 7.35. The van der Waals surface area contributed by atoms with Crippen LogP contribution in [0.25, 0.3) is 5.65 Å². The highest BCUT2D eigenvalue weighted by Gasteiger charge is 2.31. The van der Waals surface area contributed by atoms with E-state index in [1.807, 2.05) is 41.3 Å². The lowest BCUT2D eigenvalue weighted by Gasteiger charge is -2.25. The van der Waals surface area contributed by atoms with Gasteiger partial charge in [0.1, 0.15) is 11.9 Å². The van der Waals surface area contributed by atoms with E-state index in [2.05, 4.69) is 22.3 Å². The molecule has 4 rings (SSSR count). The maximum Gasteiger partial charge on any atom is 0.274 e. The Hall–Kier alpha value is -3.22. The first-order chi connectivity index (χ1) is 14.2. The number of fused-ring (bicyclic) bond motifs is 1. The van der Waals surface area contributed by atoms with Gasteiger partial charge in [0.25, 0.3) is 5.56 Å². The minimum Gasteiger partial charge on any atom is -0.350 e. The molecule has 1 atom stereocenters. The number of nitrogens with one attached hydrogen (secondary N) is 1. The minimum atomic E-state index is -0.285. The predicted octanol–water partition coefficient (Wildman–Crippen LogP) is 2.33. The molecule has 1 saturated heterocycles. The maximum absolute atomic E-state index is 12.8. The van der Waals surface area contributed by atoms with Gasteiger partial charge in [-0.2, -0.15) is 4.52 Å². The molecule has 3 heterocycles. The van der Waals surface area contributed by atoms with E-state index in [9.17, 15) is 9.59 Å². The molecule has 0 saturated carbocycles. The Morgan fingerprint density at radius 3 is 2.83 bits per heavy atom. The van der Waals surface area contributed by atoms with Gasteiger partial charge in [-0.3, -0.25) is 9.59 Å². The topological polar surface area (TPSA) is 79.6 Å². The Morgan fingerprint density at radius 1 is 1.21 bits per heavy atom. The summed E-state index contributed by atoms with van der Waals surface area (Å²) in [6.07, 6.45) is 3.37. The zero-order chi connectivity index (χ0) is 20.2. The van der Waals surface area contributed by atoms with Crippen molar-refractivity contribution in [3.8, 4) is 0 Å². The second-order valence-corrected chi connectivity index (χ2v) is 7.35. The Labute approximate surface area is 169 Å². The quantitative estimate of drug-likeness (QED) is 0.698. The minimum absolute atomic E-state index is 0.0167. The third-order valence-corrected chi connectivity index (χ3v) is 5.22. The van der Waals surface area contributed by atoms with Crippen LogP contribution < -0.4 is 15.8 Å². The van der Waals surface area contributed by atoms with Crippen LogP contribution in [0.1, 0.15) is 37.4 Å². The van der Waals surface area contributed by atoms with Crippen LogP contribution in [0.4, 0.5) is 5.82 Å². The normalized spacial score (nSPS) is 16.3. The van der Waals surface area contributed by atoms with Gasteiger partial charge in [0, 0.05) is 24.8 Å². The number of aryl methyl sites for hydroxylation is 1. The maximum atomic E-state index is 12.8. The van der Waals surface area contributed by atoms with Crippen molar-refractivity contribution in [1.29, 1.82) is 0 Å². The summed E-state index contributed by atoms with van der Waals surface area (Å²) >= 11 is 0. The van der Waals surface area contributed by atoms with Gasteiger partial charge in [0.2, 0.25) is 5.91 Å². The molecule has 29 heavy (non-hydrogen) atoms. The van der Waals surface area contributed by atoms with Crippen molar-refractivity contribution >= 4 is 17.4 Å². The molecule has 0 radical (unpaired) electrons. The number of amides is 1. The summed E-state index contributed by atoms with van der Waals surface area (Å²) in [5, 5.41) is 7.52. The van der Waals surface area contributed by atoms with E-state index in [1.165, 1.54) is 4.52 Å². The van der Waals surface area contributed by atoms with E-state index in [0.29, 0.717) is 18.0 Å². The van der Waals surface area contributed by atoms with Gasteiger partial charge < -0.3 is 10.2 Å². The molecule has 7 heteroatoms. The van der Waals surface area contributed by atoms with Gasteiger partial charge in [-0.15, -0.1) is 5.10 Å². The van der Waals surface area contributed by atoms with Crippen LogP contribution in [0, 0.1) is 0 Å². The standard InChI is InChI=1S/C22H25N5O2/c1-2-7-17-14-21(28)27-19(24-17)11-12-20(25-27)26-13-6-10-18(26)22(29)23-15-16-8-4-3-5-9-16/h3-5,8-9,11-12,14,18H,2,6-7,10,13,15H2,1H3,(H,23,29). The highest BCUT2D eigenvalue weighted by atomic mass is 16.2. The van der Waals surface area contributed by atoms with E-state index in [4.69, 9.17) is 0 Å². The first kappa shape index (κ1) is 19.1. The zero-order valence-electron chi connectivity index (χ0n) is 16.5. The fraction of sp³-hybridized carbons (Fsp3) is 0.364. The lowest BCUT2D eigenvalue weighted by Crippen LogP contribution is -2.43. The molecule has 1 aliphatic heterocycles. The van der Waals surface area contributed by atoms with Crippen molar-refractivity contribution in [2.75, 3.05) is 11.4 Å². The lowest BCUT2D eigenvalue weighted by atomic mass is 10.2. The Kier molecular flexibility index (Phi) is 5.55. The van der Waals surface area contributed by atoms with Crippen LogP contribution in [-0.4, -0.2) is 33.1 Å². The number of carbonyl (C=O) groups is 1. The summed E-state index contributed by atoms with van der Waals surface area (Å²) in [5.41, 5.74) is 2.19. The zero-order valence-corrected chi connectivity index (χ0v) is 16.5. The first-order valence-corrected chi connectivity index (χ1v) is 10.1. The second kappa shape index (κ2) is 8.43. The van der Waals surface area contributed by atoms with Crippen molar-refractivity contribution < 1.29 is 4.79 Å². The summed E-state index contributed by atoms with van der Waals surface area (Å²) in [6, 6.07) is 14.8. The molecule has 0 bridgehead atoms.